The van der Waals surface area contributed by atoms with Crippen molar-refractivity contribution in [1.82, 2.24) is 0 Å². The van der Waals surface area contributed by atoms with Crippen molar-refractivity contribution in [2.75, 3.05) is 0 Å². The number of hydrogen-bond donors (Lipinski definition) is 0. The zero-order valence-electron chi connectivity index (χ0n) is 12.3. The first-order valence-electron chi connectivity index (χ1n) is 7.74. The Labute approximate surface area is 134 Å². The Morgan fingerprint density at radius 2 is 2.05 bits per heavy atom. The third-order valence-corrected chi connectivity index (χ3v) is 7.13. The maximum atomic E-state index is 3.94. The minimum Gasteiger partial charge on any atom is -0.144 e. The lowest BCUT2D eigenvalue weighted by Crippen LogP contribution is -2.29. The average Bonchev–Trinajstić information content (AvgIpc) is 2.84. The molecule has 0 bridgehead atoms. The van der Waals surface area contributed by atoms with Gasteiger partial charge in [-0.25, -0.2) is 0 Å². The minimum atomic E-state index is 0.705. The highest BCUT2D eigenvalue weighted by Crippen LogP contribution is 2.40. The summed E-state index contributed by atoms with van der Waals surface area (Å²) in [6.45, 7) is 4.77. The molecule has 1 fully saturated rings. The number of alkyl halides is 1. The van der Waals surface area contributed by atoms with Gasteiger partial charge in [-0.15, -0.1) is 11.3 Å². The maximum Gasteiger partial charge on any atom is 0.0345 e. The van der Waals surface area contributed by atoms with E-state index in [1.807, 2.05) is 11.3 Å². The van der Waals surface area contributed by atoms with Crippen molar-refractivity contribution in [1.29, 1.82) is 0 Å². The van der Waals surface area contributed by atoms with Gasteiger partial charge in [-0.3, -0.25) is 0 Å². The highest BCUT2D eigenvalue weighted by atomic mass is 79.9. The Hall–Kier alpha value is -0.340. The fourth-order valence-electron chi connectivity index (χ4n) is 3.55. The quantitative estimate of drug-likeness (QED) is 0.571. The van der Waals surface area contributed by atoms with Gasteiger partial charge in [-0.05, 0) is 65.8 Å². The van der Waals surface area contributed by atoms with Crippen molar-refractivity contribution >= 4 is 37.4 Å². The molecule has 0 N–H and O–H groups in total. The van der Waals surface area contributed by atoms with Gasteiger partial charge in [0.05, 0.1) is 0 Å². The Bertz CT molecular complexity index is 572. The number of halogens is 1. The summed E-state index contributed by atoms with van der Waals surface area (Å²) in [7, 11) is 0. The van der Waals surface area contributed by atoms with Crippen molar-refractivity contribution in [2.45, 2.75) is 44.4 Å². The fraction of sp³-hybridized carbons (Fsp3) is 0.556. The number of hydrogen-bond acceptors (Lipinski definition) is 1. The lowest BCUT2D eigenvalue weighted by Gasteiger charge is -2.35. The van der Waals surface area contributed by atoms with E-state index in [0.29, 0.717) is 4.83 Å². The third-order valence-electron chi connectivity index (χ3n) is 4.92. The van der Waals surface area contributed by atoms with Crippen LogP contribution in [0.15, 0.2) is 29.6 Å². The van der Waals surface area contributed by atoms with Crippen LogP contribution in [0, 0.1) is 17.8 Å². The summed E-state index contributed by atoms with van der Waals surface area (Å²) in [6.07, 6.45) is 5.37. The molecule has 0 nitrogen and oxygen atoms in total. The zero-order chi connectivity index (χ0) is 14.1. The maximum absolute atomic E-state index is 3.94. The van der Waals surface area contributed by atoms with Crippen LogP contribution < -0.4 is 0 Å². The molecule has 1 aliphatic rings. The number of thiophene rings is 1. The van der Waals surface area contributed by atoms with E-state index in [9.17, 15) is 0 Å². The molecule has 1 aromatic carbocycles. The van der Waals surface area contributed by atoms with Crippen molar-refractivity contribution in [3.05, 3.63) is 35.2 Å². The summed E-state index contributed by atoms with van der Waals surface area (Å²) >= 11 is 5.84. The molecule has 0 spiro atoms. The molecule has 1 aromatic heterocycles. The largest absolute Gasteiger partial charge is 0.144 e. The highest BCUT2D eigenvalue weighted by molar-refractivity contribution is 9.09. The van der Waals surface area contributed by atoms with Crippen LogP contribution in [-0.2, 0) is 6.42 Å². The summed E-state index contributed by atoms with van der Waals surface area (Å²) in [5.41, 5.74) is 1.56. The third kappa shape index (κ3) is 2.96. The van der Waals surface area contributed by atoms with Crippen LogP contribution in [0.25, 0.3) is 10.1 Å². The number of rotatable bonds is 3. The average molecular weight is 351 g/mol. The molecule has 0 amide bonds. The second-order valence-corrected chi connectivity index (χ2v) is 8.64. The van der Waals surface area contributed by atoms with E-state index < -0.39 is 0 Å². The van der Waals surface area contributed by atoms with Crippen LogP contribution >= 0.6 is 27.3 Å². The molecule has 2 heteroatoms. The molecule has 1 heterocycles. The summed E-state index contributed by atoms with van der Waals surface area (Å²) < 4.78 is 1.44. The smallest absolute Gasteiger partial charge is 0.0345 e. The lowest BCUT2D eigenvalue weighted by molar-refractivity contribution is 0.223. The van der Waals surface area contributed by atoms with E-state index in [1.165, 1.54) is 35.8 Å². The molecule has 1 saturated carbocycles. The topological polar surface area (TPSA) is 0 Å². The van der Waals surface area contributed by atoms with Gasteiger partial charge >= 0.3 is 0 Å². The molecule has 3 atom stereocenters. The van der Waals surface area contributed by atoms with E-state index >= 15 is 0 Å². The lowest BCUT2D eigenvalue weighted by atomic mass is 9.74. The van der Waals surface area contributed by atoms with Gasteiger partial charge in [0.15, 0.2) is 0 Å². The molecule has 20 heavy (non-hydrogen) atoms. The SMILES string of the molecule is CC(C)C1CCC(Br)C(Cc2csc3ccccc23)C1. The molecule has 0 radical (unpaired) electrons. The highest BCUT2D eigenvalue weighted by Gasteiger charge is 2.30. The molecule has 2 aromatic rings. The first kappa shape index (κ1) is 14.6. The second-order valence-electron chi connectivity index (χ2n) is 6.55. The van der Waals surface area contributed by atoms with Gasteiger partial charge in [-0.1, -0.05) is 48.0 Å². The standard InChI is InChI=1S/C18H23BrS/c1-12(2)13-7-8-17(19)14(9-13)10-15-11-20-18-6-4-3-5-16(15)18/h3-6,11-14,17H,7-10H2,1-2H3. The van der Waals surface area contributed by atoms with Crippen LogP contribution in [0.3, 0.4) is 0 Å². The summed E-state index contributed by atoms with van der Waals surface area (Å²) in [5.74, 6) is 2.55. The minimum absolute atomic E-state index is 0.705. The summed E-state index contributed by atoms with van der Waals surface area (Å²) in [5, 5.41) is 3.85. The van der Waals surface area contributed by atoms with Crippen LogP contribution in [0.5, 0.6) is 0 Å². The molecule has 3 unspecified atom stereocenters. The molecule has 0 saturated heterocycles. The Kier molecular flexibility index (Phi) is 4.52. The van der Waals surface area contributed by atoms with Crippen molar-refractivity contribution in [3.63, 3.8) is 0 Å². The van der Waals surface area contributed by atoms with Gasteiger partial charge in [0.2, 0.25) is 0 Å². The second kappa shape index (κ2) is 6.19. The van der Waals surface area contributed by atoms with Crippen LogP contribution in [-0.4, -0.2) is 4.83 Å². The predicted octanol–water partition coefficient (Wildman–Crippen LogP) is 6.28. The number of benzene rings is 1. The van der Waals surface area contributed by atoms with E-state index in [2.05, 4.69) is 59.4 Å². The van der Waals surface area contributed by atoms with E-state index in [4.69, 9.17) is 0 Å². The van der Waals surface area contributed by atoms with Crippen molar-refractivity contribution < 1.29 is 0 Å². The van der Waals surface area contributed by atoms with Gasteiger partial charge in [0, 0.05) is 9.53 Å². The zero-order valence-corrected chi connectivity index (χ0v) is 14.7. The molecular formula is C18H23BrS. The molecule has 108 valence electrons. The fourth-order valence-corrected chi connectivity index (χ4v) is 5.20. The van der Waals surface area contributed by atoms with Gasteiger partial charge in [0.25, 0.3) is 0 Å². The van der Waals surface area contributed by atoms with E-state index in [1.54, 1.807) is 5.56 Å². The molecule has 1 aliphatic carbocycles. The van der Waals surface area contributed by atoms with Crippen LogP contribution in [0.1, 0.15) is 38.7 Å². The first-order valence-corrected chi connectivity index (χ1v) is 9.54. The van der Waals surface area contributed by atoms with Crippen LogP contribution in [0.2, 0.25) is 0 Å². The Balaban J connectivity index is 1.79. The van der Waals surface area contributed by atoms with Gasteiger partial charge in [0.1, 0.15) is 0 Å². The monoisotopic (exact) mass is 350 g/mol. The normalized spacial score (nSPS) is 27.3. The van der Waals surface area contributed by atoms with E-state index in [-0.39, 0.29) is 0 Å². The molecule has 0 aliphatic heterocycles. The summed E-state index contributed by atoms with van der Waals surface area (Å²) in [6, 6.07) is 8.84. The Morgan fingerprint density at radius 1 is 1.25 bits per heavy atom. The first-order chi connectivity index (χ1) is 9.65. The van der Waals surface area contributed by atoms with Gasteiger partial charge < -0.3 is 0 Å². The van der Waals surface area contributed by atoms with Crippen LogP contribution in [0.4, 0.5) is 0 Å². The van der Waals surface area contributed by atoms with Crippen molar-refractivity contribution in [2.24, 2.45) is 17.8 Å². The molecular weight excluding hydrogens is 328 g/mol. The summed E-state index contributed by atoms with van der Waals surface area (Å²) in [4.78, 5) is 0.705. The van der Waals surface area contributed by atoms with Crippen molar-refractivity contribution in [3.8, 4) is 0 Å². The van der Waals surface area contributed by atoms with Gasteiger partial charge in [-0.2, -0.15) is 0 Å². The number of fused-ring (bicyclic) bond motifs is 1. The Morgan fingerprint density at radius 3 is 2.85 bits per heavy atom. The van der Waals surface area contributed by atoms with E-state index in [0.717, 1.165) is 17.8 Å². The predicted molar refractivity (Wildman–Crippen MR) is 93.9 cm³/mol. The molecule has 3 rings (SSSR count).